The number of carbonyl (C=O) groups is 1. The van der Waals surface area contributed by atoms with Gasteiger partial charge in [-0.2, -0.15) is 12.7 Å². The van der Waals surface area contributed by atoms with Gasteiger partial charge in [0.1, 0.15) is 5.75 Å². The van der Waals surface area contributed by atoms with Crippen molar-refractivity contribution in [3.63, 3.8) is 0 Å². The molecular formula is C12H18N2O5S. The number of methoxy groups -OCH3 is 1. The predicted octanol–water partition coefficient (Wildman–Crippen LogP) is 0.931. The third-order valence-corrected chi connectivity index (χ3v) is 4.05. The van der Waals surface area contributed by atoms with Crippen LogP contribution in [0.3, 0.4) is 0 Å². The number of benzene rings is 1. The molecule has 0 amide bonds. The van der Waals surface area contributed by atoms with Crippen molar-refractivity contribution in [3.8, 4) is 5.75 Å². The summed E-state index contributed by atoms with van der Waals surface area (Å²) < 4.78 is 32.1. The van der Waals surface area contributed by atoms with Gasteiger partial charge in [-0.3, -0.25) is 9.52 Å². The molecule has 0 unspecified atom stereocenters. The van der Waals surface area contributed by atoms with Crippen LogP contribution in [-0.4, -0.2) is 45.0 Å². The first-order valence-electron chi connectivity index (χ1n) is 5.85. The molecule has 0 spiro atoms. The Kier molecular flexibility index (Phi) is 5.34. The van der Waals surface area contributed by atoms with Crippen LogP contribution < -0.4 is 9.46 Å². The number of carboxylic acid groups (broad SMARTS) is 1. The van der Waals surface area contributed by atoms with Crippen LogP contribution in [0, 0.1) is 0 Å². The molecule has 2 N–H and O–H groups in total. The Morgan fingerprint density at radius 1 is 1.40 bits per heavy atom. The lowest BCUT2D eigenvalue weighted by molar-refractivity contribution is -0.136. The number of rotatable bonds is 7. The summed E-state index contributed by atoms with van der Waals surface area (Å²) in [6.07, 6.45) is 0.294. The van der Waals surface area contributed by atoms with Crippen LogP contribution in [-0.2, 0) is 21.4 Å². The summed E-state index contributed by atoms with van der Waals surface area (Å²) >= 11 is 0. The van der Waals surface area contributed by atoms with Crippen LogP contribution in [0.15, 0.2) is 18.2 Å². The smallest absolute Gasteiger partial charge is 0.303 e. The fourth-order valence-electron chi connectivity index (χ4n) is 1.47. The molecule has 20 heavy (non-hydrogen) atoms. The Morgan fingerprint density at radius 2 is 2.05 bits per heavy atom. The van der Waals surface area contributed by atoms with Gasteiger partial charge < -0.3 is 9.84 Å². The number of hydrogen-bond donors (Lipinski definition) is 2. The molecule has 0 saturated carbocycles. The minimum absolute atomic E-state index is 0.0216. The van der Waals surface area contributed by atoms with Crippen molar-refractivity contribution in [2.45, 2.75) is 12.8 Å². The summed E-state index contributed by atoms with van der Waals surface area (Å²) in [4.78, 5) is 10.6. The van der Waals surface area contributed by atoms with E-state index in [1.165, 1.54) is 21.2 Å². The zero-order chi connectivity index (χ0) is 15.3. The maximum absolute atomic E-state index is 11.8. The quantitative estimate of drug-likeness (QED) is 0.781. The molecule has 1 aromatic carbocycles. The largest absolute Gasteiger partial charge is 0.495 e. The molecule has 0 aliphatic carbocycles. The molecule has 0 aromatic heterocycles. The fourth-order valence-corrected chi connectivity index (χ4v) is 2.09. The van der Waals surface area contributed by atoms with Crippen LogP contribution in [0.25, 0.3) is 0 Å². The molecule has 0 aliphatic rings. The average molecular weight is 302 g/mol. The first kappa shape index (κ1) is 16.3. The lowest BCUT2D eigenvalue weighted by Crippen LogP contribution is -2.29. The maximum Gasteiger partial charge on any atom is 0.303 e. The van der Waals surface area contributed by atoms with E-state index in [0.29, 0.717) is 17.7 Å². The number of nitrogens with one attached hydrogen (secondary N) is 1. The summed E-state index contributed by atoms with van der Waals surface area (Å²) in [5.41, 5.74) is 0.994. The van der Waals surface area contributed by atoms with Crippen molar-refractivity contribution >= 4 is 21.9 Å². The fraction of sp³-hybridized carbons (Fsp3) is 0.417. The molecule has 0 saturated heterocycles. The highest BCUT2D eigenvalue weighted by molar-refractivity contribution is 7.90. The Morgan fingerprint density at radius 3 is 2.55 bits per heavy atom. The van der Waals surface area contributed by atoms with E-state index in [1.54, 1.807) is 18.2 Å². The second-order valence-corrected chi connectivity index (χ2v) is 6.20. The summed E-state index contributed by atoms with van der Waals surface area (Å²) in [5.74, 6) is -0.536. The van der Waals surface area contributed by atoms with Crippen LogP contribution in [0.1, 0.15) is 12.0 Å². The number of carboxylic acids is 1. The minimum Gasteiger partial charge on any atom is -0.495 e. The number of aliphatic carboxylic acids is 1. The summed E-state index contributed by atoms with van der Waals surface area (Å²) in [7, 11) is 0.597. The number of anilines is 1. The molecular weight excluding hydrogens is 284 g/mol. The first-order valence-corrected chi connectivity index (χ1v) is 7.29. The van der Waals surface area contributed by atoms with Gasteiger partial charge in [-0.25, -0.2) is 0 Å². The standard InChI is InChI=1S/C12H18N2O5S/c1-14(2)20(17,18)13-10-8-9(5-7-12(15)16)4-6-11(10)19-3/h4,6,8,13H,5,7H2,1-3H3,(H,15,16). The molecule has 0 heterocycles. The highest BCUT2D eigenvalue weighted by Gasteiger charge is 2.16. The SMILES string of the molecule is COc1ccc(CCC(=O)O)cc1NS(=O)(=O)N(C)C. The lowest BCUT2D eigenvalue weighted by Gasteiger charge is -2.16. The van der Waals surface area contributed by atoms with Crippen LogP contribution in [0.2, 0.25) is 0 Å². The van der Waals surface area contributed by atoms with Gasteiger partial charge in [0, 0.05) is 20.5 Å². The second-order valence-electron chi connectivity index (χ2n) is 4.32. The van der Waals surface area contributed by atoms with Crippen LogP contribution in [0.4, 0.5) is 5.69 Å². The molecule has 0 atom stereocenters. The van der Waals surface area contributed by atoms with E-state index in [0.717, 1.165) is 4.31 Å². The lowest BCUT2D eigenvalue weighted by atomic mass is 10.1. The van der Waals surface area contributed by atoms with Crippen molar-refractivity contribution in [2.24, 2.45) is 0 Å². The van der Waals surface area contributed by atoms with Gasteiger partial charge in [0.15, 0.2) is 0 Å². The summed E-state index contributed by atoms with van der Waals surface area (Å²) in [6, 6.07) is 4.88. The summed E-state index contributed by atoms with van der Waals surface area (Å²) in [6.45, 7) is 0. The monoisotopic (exact) mass is 302 g/mol. The van der Waals surface area contributed by atoms with E-state index >= 15 is 0 Å². The highest BCUT2D eigenvalue weighted by atomic mass is 32.2. The molecule has 8 heteroatoms. The zero-order valence-electron chi connectivity index (χ0n) is 11.6. The minimum atomic E-state index is -3.64. The van der Waals surface area contributed by atoms with Gasteiger partial charge in [-0.1, -0.05) is 6.07 Å². The number of aryl methyl sites for hydroxylation is 1. The van der Waals surface area contributed by atoms with Crippen molar-refractivity contribution in [2.75, 3.05) is 25.9 Å². The van der Waals surface area contributed by atoms with Crippen molar-refractivity contribution < 1.29 is 23.1 Å². The Bertz CT molecular complexity index is 584. The molecule has 1 rings (SSSR count). The number of ether oxygens (including phenoxy) is 1. The van der Waals surface area contributed by atoms with Crippen LogP contribution in [0.5, 0.6) is 5.75 Å². The third kappa shape index (κ3) is 4.39. The molecule has 7 nitrogen and oxygen atoms in total. The third-order valence-electron chi connectivity index (χ3n) is 2.61. The van der Waals surface area contributed by atoms with E-state index in [-0.39, 0.29) is 12.1 Å². The van der Waals surface area contributed by atoms with Crippen molar-refractivity contribution in [3.05, 3.63) is 23.8 Å². The molecule has 0 radical (unpaired) electrons. The summed E-state index contributed by atoms with van der Waals surface area (Å²) in [5, 5.41) is 8.66. The Balaban J connectivity index is 3.03. The molecule has 0 aliphatic heterocycles. The Labute approximate surface area is 118 Å². The number of hydrogen-bond acceptors (Lipinski definition) is 4. The number of nitrogens with zero attached hydrogens (tertiary/aromatic N) is 1. The predicted molar refractivity (Wildman–Crippen MR) is 75.2 cm³/mol. The van der Waals surface area contributed by atoms with Gasteiger partial charge in [-0.05, 0) is 24.1 Å². The highest BCUT2D eigenvalue weighted by Crippen LogP contribution is 2.27. The van der Waals surface area contributed by atoms with Gasteiger partial charge in [-0.15, -0.1) is 0 Å². The second kappa shape index (κ2) is 6.58. The van der Waals surface area contributed by atoms with E-state index in [1.807, 2.05) is 0 Å². The van der Waals surface area contributed by atoms with Gasteiger partial charge >= 0.3 is 16.2 Å². The Hall–Kier alpha value is -1.80. The van der Waals surface area contributed by atoms with Gasteiger partial charge in [0.05, 0.1) is 12.8 Å². The topological polar surface area (TPSA) is 95.9 Å². The van der Waals surface area contributed by atoms with E-state index < -0.39 is 16.2 Å². The maximum atomic E-state index is 11.8. The van der Waals surface area contributed by atoms with E-state index in [4.69, 9.17) is 9.84 Å². The average Bonchev–Trinajstić information content (AvgIpc) is 2.36. The zero-order valence-corrected chi connectivity index (χ0v) is 12.4. The molecule has 0 fully saturated rings. The molecule has 1 aromatic rings. The van der Waals surface area contributed by atoms with Gasteiger partial charge in [0.2, 0.25) is 0 Å². The van der Waals surface area contributed by atoms with E-state index in [9.17, 15) is 13.2 Å². The van der Waals surface area contributed by atoms with Gasteiger partial charge in [0.25, 0.3) is 0 Å². The first-order chi connectivity index (χ1) is 9.26. The van der Waals surface area contributed by atoms with Crippen molar-refractivity contribution in [1.29, 1.82) is 0 Å². The van der Waals surface area contributed by atoms with Crippen LogP contribution >= 0.6 is 0 Å². The van der Waals surface area contributed by atoms with E-state index in [2.05, 4.69) is 4.72 Å². The molecule has 0 bridgehead atoms. The normalized spacial score (nSPS) is 11.4. The van der Waals surface area contributed by atoms with Crippen molar-refractivity contribution in [1.82, 2.24) is 4.31 Å². The molecule has 112 valence electrons.